The van der Waals surface area contributed by atoms with E-state index in [1.807, 2.05) is 40.6 Å². The molecule has 1 atom stereocenters. The molecule has 0 N–H and O–H groups in total. The fourth-order valence-electron chi connectivity index (χ4n) is 6.02. The van der Waals surface area contributed by atoms with Crippen molar-refractivity contribution in [2.45, 2.75) is 64.3 Å². The number of amides is 2. The summed E-state index contributed by atoms with van der Waals surface area (Å²) < 4.78 is 39.4. The number of unbranched alkanes of at least 4 members (excludes halogenated alkanes) is 2. The SMILES string of the molecule is CCCCCc1ccc(CN(C(=O)/C=C/c2ccc(C(F)(F)F)cc2)[C@@H](Cc2cscn2)C(=O)N2CCN(Cc3ccccc3)CC2)cc1. The van der Waals surface area contributed by atoms with Crippen molar-refractivity contribution in [3.05, 3.63) is 129 Å². The summed E-state index contributed by atoms with van der Waals surface area (Å²) in [5, 5.41) is 1.89. The molecule has 1 aliphatic heterocycles. The maximum atomic E-state index is 14.4. The summed E-state index contributed by atoms with van der Waals surface area (Å²) in [6.07, 6.45) is 3.05. The molecule has 1 saturated heterocycles. The van der Waals surface area contributed by atoms with Crippen LogP contribution in [0.1, 0.15) is 59.7 Å². The van der Waals surface area contributed by atoms with Gasteiger partial charge in [-0.05, 0) is 53.3 Å². The average molecular weight is 689 g/mol. The maximum Gasteiger partial charge on any atom is 0.416 e. The Balaban J connectivity index is 1.38. The number of carbonyl (C=O) groups is 2. The van der Waals surface area contributed by atoms with E-state index in [2.05, 4.69) is 41.1 Å². The highest BCUT2D eigenvalue weighted by molar-refractivity contribution is 7.07. The minimum Gasteiger partial charge on any atom is -0.338 e. The third-order valence-corrected chi connectivity index (χ3v) is 9.50. The molecule has 0 radical (unpaired) electrons. The molecule has 2 amide bonds. The first-order chi connectivity index (χ1) is 23.7. The highest BCUT2D eigenvalue weighted by Gasteiger charge is 2.35. The van der Waals surface area contributed by atoms with Crippen LogP contribution in [0.25, 0.3) is 6.08 Å². The van der Waals surface area contributed by atoms with E-state index in [0.717, 1.165) is 55.6 Å². The number of carbonyl (C=O) groups excluding carboxylic acids is 2. The highest BCUT2D eigenvalue weighted by atomic mass is 32.1. The molecule has 0 bridgehead atoms. The fraction of sp³-hybridized carbons (Fsp3) is 0.359. The predicted octanol–water partition coefficient (Wildman–Crippen LogP) is 7.89. The van der Waals surface area contributed by atoms with E-state index < -0.39 is 23.7 Å². The van der Waals surface area contributed by atoms with E-state index in [-0.39, 0.29) is 18.9 Å². The second kappa shape index (κ2) is 17.4. The lowest BCUT2D eigenvalue weighted by Gasteiger charge is -2.39. The van der Waals surface area contributed by atoms with E-state index >= 15 is 0 Å². The standard InChI is InChI=1S/C39H43F3N4O2S/c1-2-3-5-8-30-11-13-33(14-12-30)27-46(37(47)20-17-31-15-18-34(19-16-31)39(40,41)42)36(25-35-28-49-29-43-35)38(48)45-23-21-44(22-24-45)26-32-9-6-4-7-10-32/h4,6-7,9-20,28-29,36H,2-3,5,8,21-27H2,1H3/b20-17+/t36-/m0/s1. The number of benzene rings is 3. The zero-order valence-corrected chi connectivity index (χ0v) is 28.6. The van der Waals surface area contributed by atoms with Crippen molar-refractivity contribution in [1.82, 2.24) is 19.7 Å². The molecule has 49 heavy (non-hydrogen) atoms. The first kappa shape index (κ1) is 36.0. The number of alkyl halides is 3. The van der Waals surface area contributed by atoms with Crippen molar-refractivity contribution < 1.29 is 22.8 Å². The summed E-state index contributed by atoms with van der Waals surface area (Å²) in [5.74, 6) is -0.539. The molecule has 5 rings (SSSR count). The molecule has 2 heterocycles. The van der Waals surface area contributed by atoms with Gasteiger partial charge in [0.1, 0.15) is 6.04 Å². The molecule has 4 aromatic rings. The molecule has 1 aromatic heterocycles. The molecule has 1 aliphatic rings. The molecular weight excluding hydrogens is 646 g/mol. The first-order valence-corrected chi connectivity index (χ1v) is 17.8. The third-order valence-electron chi connectivity index (χ3n) is 8.86. The van der Waals surface area contributed by atoms with Crippen LogP contribution in [0.2, 0.25) is 0 Å². The second-order valence-electron chi connectivity index (χ2n) is 12.5. The first-order valence-electron chi connectivity index (χ1n) is 16.9. The van der Waals surface area contributed by atoms with Gasteiger partial charge >= 0.3 is 6.18 Å². The van der Waals surface area contributed by atoms with Crippen LogP contribution in [0.15, 0.2) is 95.8 Å². The Morgan fingerprint density at radius 3 is 2.22 bits per heavy atom. The van der Waals surface area contributed by atoms with Gasteiger partial charge in [0.05, 0.1) is 16.8 Å². The van der Waals surface area contributed by atoms with Gasteiger partial charge < -0.3 is 9.80 Å². The molecule has 0 spiro atoms. The van der Waals surface area contributed by atoms with E-state index in [9.17, 15) is 22.8 Å². The lowest BCUT2D eigenvalue weighted by Crippen LogP contribution is -2.56. The van der Waals surface area contributed by atoms with Crippen LogP contribution >= 0.6 is 11.3 Å². The molecule has 258 valence electrons. The normalized spacial score (nSPS) is 14.7. The molecule has 6 nitrogen and oxygen atoms in total. The van der Waals surface area contributed by atoms with Gasteiger partial charge in [-0.15, -0.1) is 11.3 Å². The molecule has 3 aromatic carbocycles. The quantitative estimate of drug-likeness (QED) is 0.0999. The average Bonchev–Trinajstić information content (AvgIpc) is 3.63. The van der Waals surface area contributed by atoms with E-state index in [1.165, 1.54) is 46.7 Å². The van der Waals surface area contributed by atoms with Crippen LogP contribution in [0.5, 0.6) is 0 Å². The monoisotopic (exact) mass is 688 g/mol. The van der Waals surface area contributed by atoms with Crippen LogP contribution in [0.3, 0.4) is 0 Å². The Labute approximate surface area is 290 Å². The van der Waals surface area contributed by atoms with Crippen molar-refractivity contribution in [1.29, 1.82) is 0 Å². The number of hydrogen-bond donors (Lipinski definition) is 0. The Morgan fingerprint density at radius 1 is 0.898 bits per heavy atom. The number of thiazole rings is 1. The van der Waals surface area contributed by atoms with Gasteiger partial charge in [0, 0.05) is 57.1 Å². The number of aromatic nitrogens is 1. The summed E-state index contributed by atoms with van der Waals surface area (Å²) in [6, 6.07) is 22.3. The van der Waals surface area contributed by atoms with Gasteiger partial charge in [-0.25, -0.2) is 4.98 Å². The van der Waals surface area contributed by atoms with Gasteiger partial charge in [-0.3, -0.25) is 14.5 Å². The molecule has 0 unspecified atom stereocenters. The van der Waals surface area contributed by atoms with Crippen molar-refractivity contribution in [2.75, 3.05) is 26.2 Å². The third kappa shape index (κ3) is 10.6. The molecular formula is C39H43F3N4O2S. The summed E-state index contributed by atoms with van der Waals surface area (Å²) in [7, 11) is 0. The van der Waals surface area contributed by atoms with Gasteiger partial charge in [0.15, 0.2) is 0 Å². The topological polar surface area (TPSA) is 56.8 Å². The van der Waals surface area contributed by atoms with Crippen LogP contribution in [-0.4, -0.2) is 63.7 Å². The fourth-order valence-corrected chi connectivity index (χ4v) is 6.59. The van der Waals surface area contributed by atoms with E-state index in [0.29, 0.717) is 31.7 Å². The lowest BCUT2D eigenvalue weighted by molar-refractivity contribution is -0.145. The molecule has 0 aliphatic carbocycles. The Kier molecular flexibility index (Phi) is 12.8. The highest BCUT2D eigenvalue weighted by Crippen LogP contribution is 2.29. The Hall–Kier alpha value is -4.28. The number of piperazine rings is 1. The van der Waals surface area contributed by atoms with Crippen LogP contribution in [0, 0.1) is 0 Å². The number of aryl methyl sites for hydroxylation is 1. The second-order valence-corrected chi connectivity index (χ2v) is 13.2. The minimum atomic E-state index is -4.45. The maximum absolute atomic E-state index is 14.4. The van der Waals surface area contributed by atoms with E-state index in [1.54, 1.807) is 10.4 Å². The summed E-state index contributed by atoms with van der Waals surface area (Å²) >= 11 is 1.43. The lowest BCUT2D eigenvalue weighted by atomic mass is 10.0. The largest absolute Gasteiger partial charge is 0.416 e. The van der Waals surface area contributed by atoms with Crippen molar-refractivity contribution in [3.63, 3.8) is 0 Å². The van der Waals surface area contributed by atoms with Crippen molar-refractivity contribution in [2.24, 2.45) is 0 Å². The van der Waals surface area contributed by atoms with Crippen molar-refractivity contribution >= 4 is 29.2 Å². The van der Waals surface area contributed by atoms with Gasteiger partial charge in [0.2, 0.25) is 11.8 Å². The van der Waals surface area contributed by atoms with Crippen LogP contribution in [-0.2, 0) is 41.7 Å². The summed E-state index contributed by atoms with van der Waals surface area (Å²) in [4.78, 5) is 38.7. The Bertz CT molecular complexity index is 1630. The van der Waals surface area contributed by atoms with Gasteiger partial charge in [-0.2, -0.15) is 13.2 Å². The number of rotatable bonds is 14. The number of halogens is 3. The Morgan fingerprint density at radius 2 is 1.59 bits per heavy atom. The summed E-state index contributed by atoms with van der Waals surface area (Å²) in [5.41, 5.74) is 5.47. The molecule has 10 heteroatoms. The molecule has 0 saturated carbocycles. The zero-order valence-electron chi connectivity index (χ0n) is 27.8. The predicted molar refractivity (Wildman–Crippen MR) is 189 cm³/mol. The van der Waals surface area contributed by atoms with E-state index in [4.69, 9.17) is 0 Å². The number of hydrogen-bond acceptors (Lipinski definition) is 5. The number of nitrogens with zero attached hydrogens (tertiary/aromatic N) is 4. The zero-order chi connectivity index (χ0) is 34.6. The smallest absolute Gasteiger partial charge is 0.338 e. The van der Waals surface area contributed by atoms with Crippen LogP contribution in [0.4, 0.5) is 13.2 Å². The van der Waals surface area contributed by atoms with Gasteiger partial charge in [-0.1, -0.05) is 86.5 Å². The summed E-state index contributed by atoms with van der Waals surface area (Å²) in [6.45, 7) is 5.67. The molecule has 1 fully saturated rings. The van der Waals surface area contributed by atoms with Crippen molar-refractivity contribution in [3.8, 4) is 0 Å². The van der Waals surface area contributed by atoms with Crippen LogP contribution < -0.4 is 0 Å². The van der Waals surface area contributed by atoms with Gasteiger partial charge in [0.25, 0.3) is 0 Å². The minimum absolute atomic E-state index is 0.139.